The quantitative estimate of drug-likeness (QED) is 0.423. The van der Waals surface area contributed by atoms with Crippen LogP contribution in [0.4, 0.5) is 10.1 Å². The van der Waals surface area contributed by atoms with Crippen LogP contribution in [0.5, 0.6) is 11.5 Å². The number of hydrogen-bond acceptors (Lipinski definition) is 4. The Labute approximate surface area is 158 Å². The van der Waals surface area contributed by atoms with Crippen molar-refractivity contribution >= 4 is 40.3 Å². The average Bonchev–Trinajstić information content (AvgIpc) is 2.60. The molecule has 0 aliphatic carbocycles. The van der Waals surface area contributed by atoms with Crippen LogP contribution in [0.1, 0.15) is 5.56 Å². The molecule has 0 saturated carbocycles. The van der Waals surface area contributed by atoms with E-state index in [1.807, 2.05) is 6.07 Å². The lowest BCUT2D eigenvalue weighted by molar-refractivity contribution is -0.112. The van der Waals surface area contributed by atoms with Crippen molar-refractivity contribution in [1.29, 1.82) is 5.26 Å². The second kappa shape index (κ2) is 8.48. The lowest BCUT2D eigenvalue weighted by Crippen LogP contribution is -2.13. The molecule has 2 aromatic rings. The van der Waals surface area contributed by atoms with Gasteiger partial charge in [0.2, 0.25) is 0 Å². The summed E-state index contributed by atoms with van der Waals surface area (Å²) in [6.07, 6.45) is 1.45. The van der Waals surface area contributed by atoms with Gasteiger partial charge in [-0.05, 0) is 70.6 Å². The summed E-state index contributed by atoms with van der Waals surface area (Å²) >= 11 is 2.08. The van der Waals surface area contributed by atoms with Crippen molar-refractivity contribution in [3.63, 3.8) is 0 Å². The Balaban J connectivity index is 2.30. The number of carbonyl (C=O) groups is 1. The first-order valence-corrected chi connectivity index (χ1v) is 8.16. The van der Waals surface area contributed by atoms with Gasteiger partial charge in [-0.25, -0.2) is 4.39 Å². The number of amides is 1. The average molecular weight is 452 g/mol. The summed E-state index contributed by atoms with van der Waals surface area (Å²) in [6, 6.07) is 10.6. The summed E-state index contributed by atoms with van der Waals surface area (Å²) in [6.45, 7) is 0. The third-order valence-corrected chi connectivity index (χ3v) is 4.04. The molecule has 2 rings (SSSR count). The maximum Gasteiger partial charge on any atom is 0.266 e. The van der Waals surface area contributed by atoms with Crippen LogP contribution in [0.3, 0.4) is 0 Å². The molecule has 0 bridgehead atoms. The van der Waals surface area contributed by atoms with Gasteiger partial charge in [0, 0.05) is 5.69 Å². The SMILES string of the molecule is COc1cc(/C=C(/C#N)C(=O)Nc2ccc(F)cc2)cc(I)c1OC. The van der Waals surface area contributed by atoms with Gasteiger partial charge in [-0.15, -0.1) is 0 Å². The van der Waals surface area contributed by atoms with Crippen molar-refractivity contribution in [1.82, 2.24) is 0 Å². The third-order valence-electron chi connectivity index (χ3n) is 3.23. The molecule has 5 nitrogen and oxygen atoms in total. The van der Waals surface area contributed by atoms with E-state index in [1.54, 1.807) is 12.1 Å². The van der Waals surface area contributed by atoms with Gasteiger partial charge >= 0.3 is 0 Å². The molecule has 0 aliphatic heterocycles. The zero-order valence-corrected chi connectivity index (χ0v) is 15.6. The van der Waals surface area contributed by atoms with E-state index in [2.05, 4.69) is 27.9 Å². The Kier molecular flexibility index (Phi) is 6.36. The maximum atomic E-state index is 12.9. The summed E-state index contributed by atoms with van der Waals surface area (Å²) in [5.74, 6) is 0.0826. The number of benzene rings is 2. The molecule has 1 N–H and O–H groups in total. The van der Waals surface area contributed by atoms with E-state index in [9.17, 15) is 14.4 Å². The second-order valence-electron chi connectivity index (χ2n) is 4.87. The number of nitrogens with one attached hydrogen (secondary N) is 1. The van der Waals surface area contributed by atoms with Gasteiger partial charge in [0.1, 0.15) is 17.5 Å². The molecule has 0 heterocycles. The molecule has 0 fully saturated rings. The smallest absolute Gasteiger partial charge is 0.266 e. The Bertz CT molecular complexity index is 858. The van der Waals surface area contributed by atoms with Gasteiger partial charge in [-0.3, -0.25) is 4.79 Å². The molecule has 0 spiro atoms. The predicted octanol–water partition coefficient (Wildman–Crippen LogP) is 3.99. The molecule has 0 atom stereocenters. The molecule has 128 valence electrons. The van der Waals surface area contributed by atoms with Crippen molar-refractivity contribution in [3.05, 3.63) is 56.9 Å². The standard InChI is InChI=1S/C18H14FIN2O3/c1-24-16-9-11(8-15(20)17(16)25-2)7-12(10-21)18(23)22-14-5-3-13(19)4-6-14/h3-9H,1-2H3,(H,22,23)/b12-7-. The van der Waals surface area contributed by atoms with Crippen LogP contribution in [0.25, 0.3) is 6.08 Å². The first-order valence-electron chi connectivity index (χ1n) is 7.08. The fourth-order valence-corrected chi connectivity index (χ4v) is 2.91. The highest BCUT2D eigenvalue weighted by atomic mass is 127. The van der Waals surface area contributed by atoms with E-state index in [-0.39, 0.29) is 5.57 Å². The Hall–Kier alpha value is -2.60. The van der Waals surface area contributed by atoms with E-state index < -0.39 is 11.7 Å². The van der Waals surface area contributed by atoms with Crippen molar-refractivity contribution in [2.75, 3.05) is 19.5 Å². The first-order chi connectivity index (χ1) is 12.0. The van der Waals surface area contributed by atoms with Crippen molar-refractivity contribution in [3.8, 4) is 17.6 Å². The lowest BCUT2D eigenvalue weighted by atomic mass is 10.1. The molecule has 0 saturated heterocycles. The third kappa shape index (κ3) is 4.70. The summed E-state index contributed by atoms with van der Waals surface area (Å²) in [5, 5.41) is 11.8. The zero-order valence-electron chi connectivity index (χ0n) is 13.5. The van der Waals surface area contributed by atoms with Crippen LogP contribution in [-0.2, 0) is 4.79 Å². The number of halogens is 2. The van der Waals surface area contributed by atoms with Crippen LogP contribution in [0, 0.1) is 20.7 Å². The topological polar surface area (TPSA) is 71.3 Å². The molecule has 0 aliphatic rings. The van der Waals surface area contributed by atoms with Gasteiger partial charge in [-0.1, -0.05) is 0 Å². The van der Waals surface area contributed by atoms with E-state index in [0.29, 0.717) is 22.7 Å². The second-order valence-corrected chi connectivity index (χ2v) is 6.03. The largest absolute Gasteiger partial charge is 0.493 e. The molecule has 7 heteroatoms. The fourth-order valence-electron chi connectivity index (χ4n) is 2.07. The summed E-state index contributed by atoms with van der Waals surface area (Å²) in [7, 11) is 3.04. The van der Waals surface area contributed by atoms with Crippen molar-refractivity contribution < 1.29 is 18.7 Å². The minimum atomic E-state index is -0.584. The lowest BCUT2D eigenvalue weighted by Gasteiger charge is -2.11. The summed E-state index contributed by atoms with van der Waals surface area (Å²) in [5.41, 5.74) is 0.926. The highest BCUT2D eigenvalue weighted by molar-refractivity contribution is 14.1. The molecule has 1 amide bonds. The number of anilines is 1. The molecular weight excluding hydrogens is 438 g/mol. The molecule has 0 unspecified atom stereocenters. The van der Waals surface area contributed by atoms with E-state index in [0.717, 1.165) is 3.57 Å². The minimum Gasteiger partial charge on any atom is -0.493 e. The van der Waals surface area contributed by atoms with Gasteiger partial charge in [0.05, 0.1) is 17.8 Å². The zero-order chi connectivity index (χ0) is 18.4. The Morgan fingerprint density at radius 2 is 1.92 bits per heavy atom. The van der Waals surface area contributed by atoms with Crippen LogP contribution in [0.15, 0.2) is 42.0 Å². The van der Waals surface area contributed by atoms with Gasteiger partial charge < -0.3 is 14.8 Å². The number of nitriles is 1. The van der Waals surface area contributed by atoms with Crippen LogP contribution in [0.2, 0.25) is 0 Å². The van der Waals surface area contributed by atoms with Gasteiger partial charge in [-0.2, -0.15) is 5.26 Å². The normalized spacial score (nSPS) is 10.8. The minimum absolute atomic E-state index is 0.0904. The molecule has 0 radical (unpaired) electrons. The van der Waals surface area contributed by atoms with Crippen LogP contribution >= 0.6 is 22.6 Å². The Morgan fingerprint density at radius 1 is 1.24 bits per heavy atom. The molecule has 25 heavy (non-hydrogen) atoms. The van der Waals surface area contributed by atoms with E-state index in [4.69, 9.17) is 9.47 Å². The van der Waals surface area contributed by atoms with Crippen LogP contribution < -0.4 is 14.8 Å². The molecule has 0 aromatic heterocycles. The highest BCUT2D eigenvalue weighted by Gasteiger charge is 2.13. The number of methoxy groups -OCH3 is 2. The number of rotatable bonds is 5. The summed E-state index contributed by atoms with van der Waals surface area (Å²) in [4.78, 5) is 12.2. The fraction of sp³-hybridized carbons (Fsp3) is 0.111. The summed E-state index contributed by atoms with van der Waals surface area (Å²) < 4.78 is 24.2. The number of nitrogens with zero attached hydrogens (tertiary/aromatic N) is 1. The predicted molar refractivity (Wildman–Crippen MR) is 101 cm³/mol. The van der Waals surface area contributed by atoms with E-state index in [1.165, 1.54) is 44.6 Å². The molecular formula is C18H14FIN2O3. The van der Waals surface area contributed by atoms with Crippen molar-refractivity contribution in [2.24, 2.45) is 0 Å². The first kappa shape index (κ1) is 18.7. The highest BCUT2D eigenvalue weighted by Crippen LogP contribution is 2.34. The van der Waals surface area contributed by atoms with Crippen LogP contribution in [-0.4, -0.2) is 20.1 Å². The number of ether oxygens (including phenoxy) is 2. The van der Waals surface area contributed by atoms with E-state index >= 15 is 0 Å². The molecule has 2 aromatic carbocycles. The Morgan fingerprint density at radius 3 is 2.48 bits per heavy atom. The van der Waals surface area contributed by atoms with Crippen molar-refractivity contribution in [2.45, 2.75) is 0 Å². The van der Waals surface area contributed by atoms with Gasteiger partial charge in [0.25, 0.3) is 5.91 Å². The monoisotopic (exact) mass is 452 g/mol. The number of hydrogen-bond donors (Lipinski definition) is 1. The maximum absolute atomic E-state index is 12.9. The number of carbonyl (C=O) groups excluding carboxylic acids is 1. The van der Waals surface area contributed by atoms with Gasteiger partial charge in [0.15, 0.2) is 11.5 Å².